The highest BCUT2D eigenvalue weighted by atomic mass is 32.2. The van der Waals surface area contributed by atoms with Gasteiger partial charge in [-0.05, 0) is 18.4 Å². The summed E-state index contributed by atoms with van der Waals surface area (Å²) < 4.78 is 49.7. The average Bonchev–Trinajstić information content (AvgIpc) is 2.45. The standard InChI is InChI=1S/C14H21NO4S2/c1-2-15(12-13-6-4-3-5-7-13)21(18,19)14-8-10-20(16,17)11-9-14/h3-7,14H,2,8-12H2,1H3. The summed E-state index contributed by atoms with van der Waals surface area (Å²) in [6, 6.07) is 9.43. The normalized spacial score (nSPS) is 19.7. The molecule has 0 aromatic heterocycles. The summed E-state index contributed by atoms with van der Waals surface area (Å²) in [6.45, 7) is 2.53. The molecule has 1 heterocycles. The molecular formula is C14H21NO4S2. The van der Waals surface area contributed by atoms with Crippen LogP contribution in [-0.2, 0) is 26.4 Å². The van der Waals surface area contributed by atoms with E-state index in [9.17, 15) is 16.8 Å². The Morgan fingerprint density at radius 2 is 1.71 bits per heavy atom. The quantitative estimate of drug-likeness (QED) is 0.818. The van der Waals surface area contributed by atoms with E-state index in [1.54, 1.807) is 6.92 Å². The van der Waals surface area contributed by atoms with E-state index in [0.717, 1.165) is 5.56 Å². The predicted octanol–water partition coefficient (Wildman–Crippen LogP) is 1.42. The van der Waals surface area contributed by atoms with Crippen LogP contribution in [0.15, 0.2) is 30.3 Å². The zero-order valence-electron chi connectivity index (χ0n) is 12.1. The first-order valence-electron chi connectivity index (χ1n) is 7.08. The van der Waals surface area contributed by atoms with Gasteiger partial charge in [0, 0.05) is 13.1 Å². The molecule has 1 aromatic rings. The van der Waals surface area contributed by atoms with Crippen LogP contribution in [0.4, 0.5) is 0 Å². The molecule has 5 nitrogen and oxygen atoms in total. The number of hydrogen-bond donors (Lipinski definition) is 0. The first-order valence-corrected chi connectivity index (χ1v) is 10.4. The van der Waals surface area contributed by atoms with E-state index in [2.05, 4.69) is 0 Å². The molecule has 0 atom stereocenters. The third-order valence-electron chi connectivity index (χ3n) is 3.84. The lowest BCUT2D eigenvalue weighted by molar-refractivity contribution is 0.410. The van der Waals surface area contributed by atoms with Gasteiger partial charge in [0.05, 0.1) is 16.8 Å². The summed E-state index contributed by atoms with van der Waals surface area (Å²) in [7, 11) is -6.50. The molecule has 0 unspecified atom stereocenters. The Kier molecular flexibility index (Phi) is 5.06. The summed E-state index contributed by atoms with van der Waals surface area (Å²) in [5, 5.41) is -0.579. The van der Waals surface area contributed by atoms with Crippen molar-refractivity contribution >= 4 is 19.9 Å². The number of sulfone groups is 1. The van der Waals surface area contributed by atoms with Gasteiger partial charge >= 0.3 is 0 Å². The highest BCUT2D eigenvalue weighted by Gasteiger charge is 2.36. The van der Waals surface area contributed by atoms with E-state index in [4.69, 9.17) is 0 Å². The molecule has 1 fully saturated rings. The second-order valence-electron chi connectivity index (χ2n) is 5.31. The molecule has 21 heavy (non-hydrogen) atoms. The molecule has 0 radical (unpaired) electrons. The van der Waals surface area contributed by atoms with Gasteiger partial charge in [-0.2, -0.15) is 4.31 Å². The summed E-state index contributed by atoms with van der Waals surface area (Å²) in [6.07, 6.45) is 0.409. The molecular weight excluding hydrogens is 310 g/mol. The first-order chi connectivity index (χ1) is 9.85. The largest absolute Gasteiger partial charge is 0.229 e. The number of sulfonamides is 1. The Bertz CT molecular complexity index is 654. The Morgan fingerprint density at radius 1 is 1.14 bits per heavy atom. The van der Waals surface area contributed by atoms with Gasteiger partial charge in [0.2, 0.25) is 10.0 Å². The van der Waals surface area contributed by atoms with Gasteiger partial charge in [0.1, 0.15) is 9.84 Å². The van der Waals surface area contributed by atoms with Gasteiger partial charge in [0.25, 0.3) is 0 Å². The van der Waals surface area contributed by atoms with Crippen LogP contribution >= 0.6 is 0 Å². The zero-order chi connectivity index (χ0) is 15.5. The molecule has 1 aliphatic heterocycles. The maximum atomic E-state index is 12.7. The fourth-order valence-corrected chi connectivity index (χ4v) is 6.28. The van der Waals surface area contributed by atoms with Gasteiger partial charge in [0.15, 0.2) is 0 Å². The van der Waals surface area contributed by atoms with E-state index >= 15 is 0 Å². The lowest BCUT2D eigenvalue weighted by atomic mass is 10.2. The van der Waals surface area contributed by atoms with Crippen molar-refractivity contribution in [3.05, 3.63) is 35.9 Å². The third kappa shape index (κ3) is 4.05. The number of benzene rings is 1. The molecule has 2 rings (SSSR count). The minimum atomic E-state index is -3.45. The van der Waals surface area contributed by atoms with E-state index in [1.807, 2.05) is 30.3 Å². The SMILES string of the molecule is CCN(Cc1ccccc1)S(=O)(=O)C1CCS(=O)(=O)CC1. The highest BCUT2D eigenvalue weighted by Crippen LogP contribution is 2.23. The summed E-state index contributed by atoms with van der Waals surface area (Å²) in [5.74, 6) is -0.0560. The van der Waals surface area contributed by atoms with E-state index in [0.29, 0.717) is 13.1 Å². The number of hydrogen-bond acceptors (Lipinski definition) is 4. The molecule has 0 N–H and O–H groups in total. The monoisotopic (exact) mass is 331 g/mol. The van der Waals surface area contributed by atoms with Crippen molar-refractivity contribution < 1.29 is 16.8 Å². The number of nitrogens with zero attached hydrogens (tertiary/aromatic N) is 1. The first kappa shape index (κ1) is 16.5. The van der Waals surface area contributed by atoms with E-state index in [-0.39, 0.29) is 24.3 Å². The highest BCUT2D eigenvalue weighted by molar-refractivity contribution is 7.92. The van der Waals surface area contributed by atoms with Crippen LogP contribution in [0, 0.1) is 0 Å². The molecule has 1 aliphatic rings. The zero-order valence-corrected chi connectivity index (χ0v) is 13.7. The van der Waals surface area contributed by atoms with Crippen molar-refractivity contribution in [2.75, 3.05) is 18.1 Å². The minimum absolute atomic E-state index is 0.0280. The van der Waals surface area contributed by atoms with E-state index < -0.39 is 25.1 Å². The van der Waals surface area contributed by atoms with E-state index in [1.165, 1.54) is 4.31 Å². The maximum absolute atomic E-state index is 12.7. The minimum Gasteiger partial charge on any atom is -0.229 e. The Labute approximate surface area is 126 Å². The smallest absolute Gasteiger partial charge is 0.217 e. The molecule has 7 heteroatoms. The fourth-order valence-electron chi connectivity index (χ4n) is 2.55. The second-order valence-corrected chi connectivity index (χ2v) is 9.82. The van der Waals surface area contributed by atoms with Crippen molar-refractivity contribution in [1.82, 2.24) is 4.31 Å². The van der Waals surface area contributed by atoms with Crippen LogP contribution in [0.3, 0.4) is 0 Å². The summed E-state index contributed by atoms with van der Waals surface area (Å²) in [5.41, 5.74) is 0.936. The molecule has 118 valence electrons. The van der Waals surface area contributed by atoms with Crippen molar-refractivity contribution in [3.8, 4) is 0 Å². The molecule has 0 amide bonds. The van der Waals surface area contributed by atoms with Crippen molar-refractivity contribution in [1.29, 1.82) is 0 Å². The Hall–Kier alpha value is -0.920. The molecule has 1 saturated heterocycles. The Balaban J connectivity index is 2.13. The van der Waals surface area contributed by atoms with Gasteiger partial charge in [-0.25, -0.2) is 16.8 Å². The molecule has 0 spiro atoms. The average molecular weight is 331 g/mol. The van der Waals surface area contributed by atoms with Crippen LogP contribution in [0.25, 0.3) is 0 Å². The maximum Gasteiger partial charge on any atom is 0.217 e. The fraction of sp³-hybridized carbons (Fsp3) is 0.571. The summed E-state index contributed by atoms with van der Waals surface area (Å²) >= 11 is 0. The number of rotatable bonds is 5. The lowest BCUT2D eigenvalue weighted by Crippen LogP contribution is -2.42. The van der Waals surface area contributed by atoms with Crippen LogP contribution in [0.5, 0.6) is 0 Å². The van der Waals surface area contributed by atoms with Crippen molar-refractivity contribution in [2.45, 2.75) is 31.6 Å². The Morgan fingerprint density at radius 3 is 2.24 bits per heavy atom. The molecule has 0 bridgehead atoms. The van der Waals surface area contributed by atoms with Crippen LogP contribution < -0.4 is 0 Å². The van der Waals surface area contributed by atoms with Gasteiger partial charge < -0.3 is 0 Å². The van der Waals surface area contributed by atoms with Gasteiger partial charge in [-0.1, -0.05) is 37.3 Å². The molecule has 0 aliphatic carbocycles. The van der Waals surface area contributed by atoms with Crippen LogP contribution in [-0.4, -0.2) is 44.4 Å². The van der Waals surface area contributed by atoms with Crippen molar-refractivity contribution in [3.63, 3.8) is 0 Å². The topological polar surface area (TPSA) is 71.5 Å². The third-order valence-corrected chi connectivity index (χ3v) is 7.97. The second kappa shape index (κ2) is 6.46. The predicted molar refractivity (Wildman–Crippen MR) is 83.1 cm³/mol. The van der Waals surface area contributed by atoms with Crippen molar-refractivity contribution in [2.24, 2.45) is 0 Å². The molecule has 1 aromatic carbocycles. The lowest BCUT2D eigenvalue weighted by Gasteiger charge is -2.29. The van der Waals surface area contributed by atoms with Crippen LogP contribution in [0.2, 0.25) is 0 Å². The van der Waals surface area contributed by atoms with Gasteiger partial charge in [-0.3, -0.25) is 0 Å². The van der Waals surface area contributed by atoms with Crippen LogP contribution in [0.1, 0.15) is 25.3 Å². The molecule has 0 saturated carbocycles. The van der Waals surface area contributed by atoms with Gasteiger partial charge in [-0.15, -0.1) is 0 Å². The summed E-state index contributed by atoms with van der Waals surface area (Å²) in [4.78, 5) is 0.